The fourth-order valence-electron chi connectivity index (χ4n) is 4.17. The Morgan fingerprint density at radius 3 is 2.66 bits per heavy atom. The molecule has 0 bridgehead atoms. The lowest BCUT2D eigenvalue weighted by Gasteiger charge is -2.14. The van der Waals surface area contributed by atoms with Gasteiger partial charge in [-0.05, 0) is 79.9 Å². The minimum Gasteiger partial charge on any atom is -0.437 e. The van der Waals surface area contributed by atoms with E-state index < -0.39 is 0 Å². The van der Waals surface area contributed by atoms with E-state index >= 15 is 0 Å². The van der Waals surface area contributed by atoms with Crippen LogP contribution >= 0.6 is 11.3 Å². The molecule has 0 aliphatic carbocycles. The molecule has 0 saturated carbocycles. The van der Waals surface area contributed by atoms with Gasteiger partial charge in [0, 0.05) is 36.1 Å². The van der Waals surface area contributed by atoms with Gasteiger partial charge in [-0.1, -0.05) is 12.6 Å². The third kappa shape index (κ3) is 6.34. The maximum Gasteiger partial charge on any atom is 0.251 e. The summed E-state index contributed by atoms with van der Waals surface area (Å²) in [5.74, 6) is 0.889. The van der Waals surface area contributed by atoms with E-state index in [1.807, 2.05) is 23.6 Å². The molecule has 5 rings (SSSR count). The first-order chi connectivity index (χ1) is 18.6. The standard InChI is InChI=1S/C28H28N6O3S/c1-2-24(35)30-21-6-5-7-22(18-21)37-27-25-23(12-17-38-25)32-28(33-27)31-20-10-8-19(9-11-20)26(36)29-13-16-34-14-3-4-15-34/h2,5-12,17-18H,1,3-4,13-16H2,(H,29,36)(H,30,35)(H,31,32,33). The number of carbonyl (C=O) groups excluding carboxylic acids is 2. The zero-order valence-electron chi connectivity index (χ0n) is 20.8. The van der Waals surface area contributed by atoms with Gasteiger partial charge in [-0.2, -0.15) is 4.98 Å². The highest BCUT2D eigenvalue weighted by atomic mass is 32.1. The quantitative estimate of drug-likeness (QED) is 0.244. The molecule has 2 aromatic heterocycles. The Morgan fingerprint density at radius 1 is 1.05 bits per heavy atom. The Labute approximate surface area is 224 Å². The molecule has 3 heterocycles. The number of anilines is 3. The van der Waals surface area contributed by atoms with Crippen LogP contribution in [0.15, 0.2) is 72.6 Å². The smallest absolute Gasteiger partial charge is 0.251 e. The number of carbonyl (C=O) groups is 2. The summed E-state index contributed by atoms with van der Waals surface area (Å²) in [6.07, 6.45) is 3.68. The van der Waals surface area contributed by atoms with Crippen LogP contribution in [0.25, 0.3) is 10.2 Å². The molecule has 0 atom stereocenters. The summed E-state index contributed by atoms with van der Waals surface area (Å²) in [4.78, 5) is 35.7. The lowest BCUT2D eigenvalue weighted by Crippen LogP contribution is -2.33. The number of thiophene rings is 1. The van der Waals surface area contributed by atoms with E-state index in [9.17, 15) is 9.59 Å². The van der Waals surface area contributed by atoms with Crippen molar-refractivity contribution in [3.63, 3.8) is 0 Å². The molecule has 1 aliphatic rings. The van der Waals surface area contributed by atoms with Gasteiger partial charge in [-0.15, -0.1) is 11.3 Å². The van der Waals surface area contributed by atoms with Crippen LogP contribution < -0.4 is 20.7 Å². The van der Waals surface area contributed by atoms with E-state index in [1.54, 1.807) is 36.4 Å². The summed E-state index contributed by atoms with van der Waals surface area (Å²) >= 11 is 1.48. The minimum atomic E-state index is -0.304. The Hall–Kier alpha value is -4.28. The third-order valence-electron chi connectivity index (χ3n) is 6.09. The molecule has 4 aromatic rings. The highest BCUT2D eigenvalue weighted by Gasteiger charge is 2.14. The molecule has 1 fully saturated rings. The number of fused-ring (bicyclic) bond motifs is 1. The second-order valence-corrected chi connectivity index (χ2v) is 9.73. The third-order valence-corrected chi connectivity index (χ3v) is 6.98. The van der Waals surface area contributed by atoms with Crippen molar-refractivity contribution in [1.29, 1.82) is 0 Å². The molecule has 2 amide bonds. The number of ether oxygens (including phenoxy) is 1. The Balaban J connectivity index is 1.26. The summed E-state index contributed by atoms with van der Waals surface area (Å²) in [5.41, 5.74) is 2.67. The van der Waals surface area contributed by atoms with Crippen molar-refractivity contribution in [2.45, 2.75) is 12.8 Å². The molecule has 194 valence electrons. The van der Waals surface area contributed by atoms with Gasteiger partial charge >= 0.3 is 0 Å². The predicted molar refractivity (Wildman–Crippen MR) is 150 cm³/mol. The summed E-state index contributed by atoms with van der Waals surface area (Å²) in [6.45, 7) is 7.22. The van der Waals surface area contributed by atoms with E-state index in [1.165, 1.54) is 30.3 Å². The molecule has 0 radical (unpaired) electrons. The van der Waals surface area contributed by atoms with E-state index in [4.69, 9.17) is 4.74 Å². The number of nitrogens with one attached hydrogen (secondary N) is 3. The van der Waals surface area contributed by atoms with E-state index in [2.05, 4.69) is 37.4 Å². The van der Waals surface area contributed by atoms with Crippen molar-refractivity contribution in [1.82, 2.24) is 20.2 Å². The summed E-state index contributed by atoms with van der Waals surface area (Å²) < 4.78 is 6.90. The monoisotopic (exact) mass is 528 g/mol. The van der Waals surface area contributed by atoms with Crippen LogP contribution in [0.3, 0.4) is 0 Å². The van der Waals surface area contributed by atoms with Gasteiger partial charge in [0.05, 0.1) is 5.52 Å². The molecule has 0 unspecified atom stereocenters. The highest BCUT2D eigenvalue weighted by molar-refractivity contribution is 7.17. The largest absolute Gasteiger partial charge is 0.437 e. The number of benzene rings is 2. The van der Waals surface area contributed by atoms with Crippen molar-refractivity contribution in [2.75, 3.05) is 36.8 Å². The first-order valence-corrected chi connectivity index (χ1v) is 13.3. The number of aromatic nitrogens is 2. The maximum atomic E-state index is 12.5. The lowest BCUT2D eigenvalue weighted by atomic mass is 10.2. The number of likely N-dealkylation sites (tertiary alicyclic amines) is 1. The molecule has 10 heteroatoms. The molecular weight excluding hydrogens is 500 g/mol. The fraction of sp³-hybridized carbons (Fsp3) is 0.214. The molecule has 1 aliphatic heterocycles. The second kappa shape index (κ2) is 11.8. The van der Waals surface area contributed by atoms with Gasteiger partial charge in [-0.25, -0.2) is 4.98 Å². The van der Waals surface area contributed by atoms with Gasteiger partial charge in [-0.3, -0.25) is 9.59 Å². The van der Waals surface area contributed by atoms with E-state index in [0.29, 0.717) is 35.4 Å². The van der Waals surface area contributed by atoms with E-state index in [0.717, 1.165) is 35.5 Å². The topological polar surface area (TPSA) is 108 Å². The summed E-state index contributed by atoms with van der Waals surface area (Å²) in [5, 5.41) is 10.8. The Bertz CT molecular complexity index is 1450. The van der Waals surface area contributed by atoms with Gasteiger partial charge < -0.3 is 25.6 Å². The molecule has 38 heavy (non-hydrogen) atoms. The van der Waals surface area contributed by atoms with Gasteiger partial charge in [0.2, 0.25) is 17.7 Å². The molecule has 3 N–H and O–H groups in total. The first-order valence-electron chi connectivity index (χ1n) is 12.4. The molecule has 9 nitrogen and oxygen atoms in total. The predicted octanol–water partition coefficient (Wildman–Crippen LogP) is 5.18. The Kier molecular flexibility index (Phi) is 7.91. The van der Waals surface area contributed by atoms with Crippen LogP contribution in [0.4, 0.5) is 17.3 Å². The average molecular weight is 529 g/mol. The number of rotatable bonds is 10. The van der Waals surface area contributed by atoms with Gasteiger partial charge in [0.15, 0.2) is 0 Å². The average Bonchev–Trinajstić information content (AvgIpc) is 3.62. The number of hydrogen-bond donors (Lipinski definition) is 3. The van der Waals surface area contributed by atoms with Crippen LogP contribution in [0.1, 0.15) is 23.2 Å². The van der Waals surface area contributed by atoms with Crippen molar-refractivity contribution in [3.05, 3.63) is 78.2 Å². The summed E-state index contributed by atoms with van der Waals surface area (Å²) in [6, 6.07) is 16.1. The van der Waals surface area contributed by atoms with Gasteiger partial charge in [0.1, 0.15) is 10.4 Å². The molecular formula is C28H28N6O3S. The number of nitrogens with zero attached hydrogens (tertiary/aromatic N) is 3. The Morgan fingerprint density at radius 2 is 1.87 bits per heavy atom. The van der Waals surface area contributed by atoms with E-state index in [-0.39, 0.29) is 11.8 Å². The van der Waals surface area contributed by atoms with Crippen LogP contribution in [0.2, 0.25) is 0 Å². The zero-order chi connectivity index (χ0) is 26.3. The van der Waals surface area contributed by atoms with Crippen molar-refractivity contribution in [2.24, 2.45) is 0 Å². The normalized spacial score (nSPS) is 13.3. The van der Waals surface area contributed by atoms with Crippen LogP contribution in [-0.4, -0.2) is 52.9 Å². The molecule has 2 aromatic carbocycles. The SMILES string of the molecule is C=CC(=O)Nc1cccc(Oc2nc(Nc3ccc(C(=O)NCCN4CCCC4)cc3)nc3ccsc23)c1. The summed E-state index contributed by atoms with van der Waals surface area (Å²) in [7, 11) is 0. The van der Waals surface area contributed by atoms with Crippen molar-refractivity contribution < 1.29 is 14.3 Å². The first kappa shape index (κ1) is 25.4. The zero-order valence-corrected chi connectivity index (χ0v) is 21.6. The fourth-order valence-corrected chi connectivity index (χ4v) is 4.93. The maximum absolute atomic E-state index is 12.5. The van der Waals surface area contributed by atoms with Crippen LogP contribution in [0.5, 0.6) is 11.6 Å². The van der Waals surface area contributed by atoms with Crippen molar-refractivity contribution >= 4 is 50.7 Å². The lowest BCUT2D eigenvalue weighted by molar-refractivity contribution is -0.111. The number of hydrogen-bond acceptors (Lipinski definition) is 8. The van der Waals surface area contributed by atoms with Crippen LogP contribution in [-0.2, 0) is 4.79 Å². The van der Waals surface area contributed by atoms with Crippen molar-refractivity contribution in [3.8, 4) is 11.6 Å². The number of amides is 2. The molecule has 0 spiro atoms. The minimum absolute atomic E-state index is 0.0890. The van der Waals surface area contributed by atoms with Gasteiger partial charge in [0.25, 0.3) is 5.91 Å². The second-order valence-electron chi connectivity index (χ2n) is 8.82. The van der Waals surface area contributed by atoms with Crippen LogP contribution in [0, 0.1) is 0 Å². The highest BCUT2D eigenvalue weighted by Crippen LogP contribution is 2.33. The molecule has 1 saturated heterocycles.